The van der Waals surface area contributed by atoms with Crippen LogP contribution in [0.25, 0.3) is 0 Å². The third-order valence-electron chi connectivity index (χ3n) is 2.90. The van der Waals surface area contributed by atoms with Crippen molar-refractivity contribution in [3.05, 3.63) is 65.2 Å². The molecule has 2 aromatic carbocycles. The summed E-state index contributed by atoms with van der Waals surface area (Å²) in [5.41, 5.74) is 7.41. The lowest BCUT2D eigenvalue weighted by molar-refractivity contribution is 0.594. The Hall–Kier alpha value is -2.32. The van der Waals surface area contributed by atoms with Crippen LogP contribution in [-0.4, -0.2) is 8.42 Å². The van der Waals surface area contributed by atoms with E-state index < -0.39 is 9.84 Å². The van der Waals surface area contributed by atoms with Crippen molar-refractivity contribution in [2.24, 2.45) is 0 Å². The minimum atomic E-state index is -3.34. The van der Waals surface area contributed by atoms with Gasteiger partial charge in [0.05, 0.1) is 17.1 Å². The second kappa shape index (κ2) is 5.76. The molecule has 0 spiro atoms. The third-order valence-corrected chi connectivity index (χ3v) is 4.42. The molecule has 0 aliphatic rings. The third kappa shape index (κ3) is 3.37. The molecule has 0 aliphatic heterocycles. The fourth-order valence-electron chi connectivity index (χ4n) is 1.99. The van der Waals surface area contributed by atoms with Gasteiger partial charge in [-0.15, -0.1) is 0 Å². The molecule has 0 fully saturated rings. The molecule has 5 heteroatoms. The summed E-state index contributed by atoms with van der Waals surface area (Å²) in [7, 11) is -3.34. The van der Waals surface area contributed by atoms with Gasteiger partial charge in [0.1, 0.15) is 6.07 Å². The van der Waals surface area contributed by atoms with E-state index in [4.69, 9.17) is 11.0 Å². The standard InChI is InChI=1S/C15H14N2O2S/c16-9-14-13(7-4-8-15(14)17)11-20(18,19)10-12-5-2-1-3-6-12/h1-8H,10-11,17H2. The van der Waals surface area contributed by atoms with E-state index in [0.29, 0.717) is 11.3 Å². The largest absolute Gasteiger partial charge is 0.398 e. The Morgan fingerprint density at radius 1 is 1.00 bits per heavy atom. The highest BCUT2D eigenvalue weighted by Gasteiger charge is 2.16. The molecule has 0 saturated heterocycles. The summed E-state index contributed by atoms with van der Waals surface area (Å²) < 4.78 is 24.4. The monoisotopic (exact) mass is 286 g/mol. The molecular weight excluding hydrogens is 272 g/mol. The van der Waals surface area contributed by atoms with Gasteiger partial charge in [-0.1, -0.05) is 42.5 Å². The summed E-state index contributed by atoms with van der Waals surface area (Å²) in [6, 6.07) is 15.8. The first kappa shape index (κ1) is 14.1. The molecule has 0 unspecified atom stereocenters. The second-order valence-corrected chi connectivity index (χ2v) is 6.58. The Bertz CT molecular complexity index is 747. The van der Waals surface area contributed by atoms with Crippen molar-refractivity contribution in [1.82, 2.24) is 0 Å². The van der Waals surface area contributed by atoms with Crippen molar-refractivity contribution in [2.45, 2.75) is 11.5 Å². The molecule has 102 valence electrons. The van der Waals surface area contributed by atoms with E-state index in [0.717, 1.165) is 5.56 Å². The summed E-state index contributed by atoms with van der Waals surface area (Å²) >= 11 is 0. The fraction of sp³-hybridized carbons (Fsp3) is 0.133. The SMILES string of the molecule is N#Cc1c(N)cccc1CS(=O)(=O)Cc1ccccc1. The van der Waals surface area contributed by atoms with E-state index in [1.54, 1.807) is 42.5 Å². The number of nitrogens with two attached hydrogens (primary N) is 1. The first-order chi connectivity index (χ1) is 9.52. The summed E-state index contributed by atoms with van der Waals surface area (Å²) in [6.45, 7) is 0. The number of rotatable bonds is 4. The molecule has 0 amide bonds. The van der Waals surface area contributed by atoms with Gasteiger partial charge in [0.25, 0.3) is 0 Å². The molecule has 0 heterocycles. The van der Waals surface area contributed by atoms with Crippen LogP contribution in [0, 0.1) is 11.3 Å². The predicted molar refractivity (Wildman–Crippen MR) is 78.3 cm³/mol. The fourth-order valence-corrected chi connectivity index (χ4v) is 3.51. The van der Waals surface area contributed by atoms with Crippen molar-refractivity contribution in [3.8, 4) is 6.07 Å². The molecule has 2 aromatic rings. The van der Waals surface area contributed by atoms with Crippen molar-refractivity contribution in [3.63, 3.8) is 0 Å². The van der Waals surface area contributed by atoms with Gasteiger partial charge in [0, 0.05) is 5.69 Å². The molecule has 0 aromatic heterocycles. The van der Waals surface area contributed by atoms with Crippen LogP contribution in [0.15, 0.2) is 48.5 Å². The number of nitrogen functional groups attached to an aromatic ring is 1. The molecule has 0 aliphatic carbocycles. The van der Waals surface area contributed by atoms with E-state index in [9.17, 15) is 8.42 Å². The van der Waals surface area contributed by atoms with Gasteiger partial charge >= 0.3 is 0 Å². The Labute approximate surface area is 118 Å². The molecule has 0 atom stereocenters. The minimum Gasteiger partial charge on any atom is -0.398 e. The van der Waals surface area contributed by atoms with Gasteiger partial charge in [0.15, 0.2) is 9.84 Å². The van der Waals surface area contributed by atoms with E-state index in [1.165, 1.54) is 0 Å². The number of hydrogen-bond acceptors (Lipinski definition) is 4. The van der Waals surface area contributed by atoms with Crippen LogP contribution in [-0.2, 0) is 21.3 Å². The lowest BCUT2D eigenvalue weighted by atomic mass is 10.1. The molecule has 20 heavy (non-hydrogen) atoms. The summed E-state index contributed by atoms with van der Waals surface area (Å²) in [5, 5.41) is 9.06. The van der Waals surface area contributed by atoms with Crippen molar-refractivity contribution < 1.29 is 8.42 Å². The summed E-state index contributed by atoms with van der Waals surface area (Å²) in [6.07, 6.45) is 0. The number of hydrogen-bond donors (Lipinski definition) is 1. The zero-order valence-corrected chi connectivity index (χ0v) is 11.6. The maximum Gasteiger partial charge on any atom is 0.158 e. The molecule has 0 bridgehead atoms. The number of nitriles is 1. The molecule has 2 rings (SSSR count). The zero-order chi connectivity index (χ0) is 14.6. The minimum absolute atomic E-state index is 0.0481. The van der Waals surface area contributed by atoms with Gasteiger partial charge in [-0.05, 0) is 17.2 Å². The molecule has 0 saturated carbocycles. The van der Waals surface area contributed by atoms with E-state index in [-0.39, 0.29) is 17.1 Å². The average molecular weight is 286 g/mol. The van der Waals surface area contributed by atoms with Gasteiger partial charge in [0.2, 0.25) is 0 Å². The maximum atomic E-state index is 12.2. The van der Waals surface area contributed by atoms with Gasteiger partial charge in [-0.3, -0.25) is 0 Å². The number of anilines is 1. The second-order valence-electron chi connectivity index (χ2n) is 4.51. The molecule has 4 nitrogen and oxygen atoms in total. The topological polar surface area (TPSA) is 83.9 Å². The van der Waals surface area contributed by atoms with Gasteiger partial charge in [-0.25, -0.2) is 8.42 Å². The van der Waals surface area contributed by atoms with Crippen molar-refractivity contribution in [1.29, 1.82) is 5.26 Å². The lowest BCUT2D eigenvalue weighted by Gasteiger charge is -2.08. The highest BCUT2D eigenvalue weighted by Crippen LogP contribution is 2.20. The Morgan fingerprint density at radius 2 is 1.70 bits per heavy atom. The molecular formula is C15H14N2O2S. The lowest BCUT2D eigenvalue weighted by Crippen LogP contribution is -2.09. The van der Waals surface area contributed by atoms with Crippen LogP contribution in [0.4, 0.5) is 5.69 Å². The first-order valence-corrected chi connectivity index (χ1v) is 7.86. The van der Waals surface area contributed by atoms with Gasteiger partial charge in [-0.2, -0.15) is 5.26 Å². The molecule has 0 radical (unpaired) electrons. The first-order valence-electron chi connectivity index (χ1n) is 6.03. The van der Waals surface area contributed by atoms with Crippen LogP contribution in [0.2, 0.25) is 0 Å². The van der Waals surface area contributed by atoms with Crippen LogP contribution in [0.5, 0.6) is 0 Å². The highest BCUT2D eigenvalue weighted by atomic mass is 32.2. The Balaban J connectivity index is 2.26. The average Bonchev–Trinajstić information content (AvgIpc) is 2.39. The van der Waals surface area contributed by atoms with Crippen LogP contribution < -0.4 is 5.73 Å². The van der Waals surface area contributed by atoms with Crippen LogP contribution >= 0.6 is 0 Å². The predicted octanol–water partition coefficient (Wildman–Crippen LogP) is 2.26. The van der Waals surface area contributed by atoms with Crippen LogP contribution in [0.3, 0.4) is 0 Å². The number of nitrogens with zero attached hydrogens (tertiary/aromatic N) is 1. The Morgan fingerprint density at radius 3 is 2.35 bits per heavy atom. The number of sulfone groups is 1. The van der Waals surface area contributed by atoms with E-state index in [1.807, 2.05) is 12.1 Å². The van der Waals surface area contributed by atoms with Gasteiger partial charge < -0.3 is 5.73 Å². The van der Waals surface area contributed by atoms with Crippen molar-refractivity contribution in [2.75, 3.05) is 5.73 Å². The quantitative estimate of drug-likeness (QED) is 0.874. The Kier molecular flexibility index (Phi) is 4.06. The smallest absolute Gasteiger partial charge is 0.158 e. The van der Waals surface area contributed by atoms with Crippen LogP contribution in [0.1, 0.15) is 16.7 Å². The summed E-state index contributed by atoms with van der Waals surface area (Å²) in [4.78, 5) is 0. The van der Waals surface area contributed by atoms with Crippen molar-refractivity contribution >= 4 is 15.5 Å². The molecule has 2 N–H and O–H groups in total. The zero-order valence-electron chi connectivity index (χ0n) is 10.8. The normalized spacial score (nSPS) is 10.9. The van der Waals surface area contributed by atoms with E-state index >= 15 is 0 Å². The highest BCUT2D eigenvalue weighted by molar-refractivity contribution is 7.89. The number of benzene rings is 2. The van der Waals surface area contributed by atoms with E-state index in [2.05, 4.69) is 0 Å². The summed E-state index contributed by atoms with van der Waals surface area (Å²) in [5.74, 6) is -0.233. The maximum absolute atomic E-state index is 12.2.